The molecule has 0 aliphatic carbocycles. The fourth-order valence-electron chi connectivity index (χ4n) is 1.43. The molecule has 16 heteroatoms. The minimum atomic E-state index is -2.74. The number of rotatable bonds is 10. The van der Waals surface area contributed by atoms with Crippen molar-refractivity contribution >= 4 is 35.8 Å². The van der Waals surface area contributed by atoms with Gasteiger partial charge in [-0.25, -0.2) is 9.59 Å². The minimum absolute atomic E-state index is 0. The average Bonchev–Trinajstić information content (AvgIpc) is 2.34. The van der Waals surface area contributed by atoms with Gasteiger partial charge in [-0.2, -0.15) is 0 Å². The smallest absolute Gasteiger partial charge is 0.336 e. The van der Waals surface area contributed by atoms with Crippen molar-refractivity contribution in [2.75, 3.05) is 0 Å². The van der Waals surface area contributed by atoms with Crippen LogP contribution < -0.4 is 0 Å². The van der Waals surface area contributed by atoms with Crippen molar-refractivity contribution < 1.29 is 114 Å². The number of hydrogen-bond acceptors (Lipinski definition) is 8. The Hall–Kier alpha value is -1.78. The zero-order chi connectivity index (χ0) is 21.3. The third-order valence-corrected chi connectivity index (χ3v) is 2.57. The van der Waals surface area contributed by atoms with Gasteiger partial charge in [-0.15, -0.1) is 0 Å². The summed E-state index contributed by atoms with van der Waals surface area (Å²) in [6.07, 6.45) is -4.58. The molecular weight excluding hydrogens is 762 g/mol. The van der Waals surface area contributed by atoms with E-state index in [9.17, 15) is 28.8 Å². The fraction of sp³-hybridized carbons (Fsp3) is 0.500. The molecule has 0 aromatic carbocycles. The zero-order valence-electron chi connectivity index (χ0n) is 13.5. The Balaban J connectivity index is -0.000000192. The molecule has 0 heterocycles. The molecule has 0 unspecified atom stereocenters. The third kappa shape index (κ3) is 14.3. The maximum absolute atomic E-state index is 10.3. The van der Waals surface area contributed by atoms with E-state index in [2.05, 4.69) is 0 Å². The number of hydrogen-bond donors (Lipinski definition) is 8. The van der Waals surface area contributed by atoms with Crippen LogP contribution in [0.3, 0.4) is 0 Å². The van der Waals surface area contributed by atoms with Crippen LogP contribution in [0, 0.1) is 0 Å². The molecule has 0 aromatic rings. The van der Waals surface area contributed by atoms with Crippen molar-refractivity contribution in [2.24, 2.45) is 0 Å². The van der Waals surface area contributed by atoms with Crippen LogP contribution in [0.15, 0.2) is 0 Å². The topological polar surface area (TPSA) is 264 Å². The Morgan fingerprint density at radius 1 is 0.464 bits per heavy atom. The van der Waals surface area contributed by atoms with Crippen LogP contribution in [-0.2, 0) is 73.5 Å². The first-order chi connectivity index (χ1) is 11.6. The van der Waals surface area contributed by atoms with Crippen LogP contribution in [-0.4, -0.2) is 87.9 Å². The van der Waals surface area contributed by atoms with Crippen molar-refractivity contribution in [1.82, 2.24) is 0 Å². The van der Waals surface area contributed by atoms with E-state index in [1.54, 1.807) is 0 Å². The first-order valence-electron chi connectivity index (χ1n) is 6.34. The van der Waals surface area contributed by atoms with Crippen molar-refractivity contribution in [3.8, 4) is 0 Å². The van der Waals surface area contributed by atoms with Gasteiger partial charge >= 0.3 is 35.8 Å². The van der Waals surface area contributed by atoms with Crippen LogP contribution >= 0.6 is 0 Å². The third-order valence-electron chi connectivity index (χ3n) is 2.57. The van der Waals surface area contributed by atoms with Crippen molar-refractivity contribution in [2.45, 2.75) is 36.9 Å². The van der Waals surface area contributed by atoms with Gasteiger partial charge in [0.2, 0.25) is 0 Å². The summed E-state index contributed by atoms with van der Waals surface area (Å²) in [5, 5.41) is 67.6. The Kier molecular flexibility index (Phi) is 17.2. The minimum Gasteiger partial charge on any atom is -0.481 e. The summed E-state index contributed by atoms with van der Waals surface area (Å²) in [7, 11) is 0. The summed E-state index contributed by atoms with van der Waals surface area (Å²) in [6.45, 7) is 0. The first kappa shape index (κ1) is 33.8. The molecule has 0 aliphatic heterocycles. The van der Waals surface area contributed by atoms with Crippen LogP contribution in [0.1, 0.15) is 25.7 Å². The van der Waals surface area contributed by atoms with Gasteiger partial charge in [-0.05, 0) is 0 Å². The second-order valence-electron chi connectivity index (χ2n) is 4.96. The van der Waals surface area contributed by atoms with Gasteiger partial charge in [0.25, 0.3) is 0 Å². The molecular formula is C12H16Au2O14. The number of carboxylic acid groups (broad SMARTS) is 6. The molecule has 170 valence electrons. The molecule has 14 nitrogen and oxygen atoms in total. The molecule has 0 saturated carbocycles. The second-order valence-corrected chi connectivity index (χ2v) is 4.96. The molecule has 0 spiro atoms. The molecule has 0 aliphatic rings. The monoisotopic (exact) mass is 778 g/mol. The van der Waals surface area contributed by atoms with E-state index in [4.69, 9.17) is 40.9 Å². The number of aliphatic carboxylic acids is 6. The molecule has 0 bridgehead atoms. The summed E-state index contributed by atoms with van der Waals surface area (Å²) in [4.78, 5) is 61.0. The fourth-order valence-corrected chi connectivity index (χ4v) is 1.43. The molecule has 0 amide bonds. The van der Waals surface area contributed by atoms with Crippen molar-refractivity contribution in [1.29, 1.82) is 0 Å². The molecule has 0 fully saturated rings. The molecule has 0 aromatic heterocycles. The van der Waals surface area contributed by atoms with E-state index in [1.165, 1.54) is 0 Å². The van der Waals surface area contributed by atoms with Crippen molar-refractivity contribution in [3.63, 3.8) is 0 Å². The van der Waals surface area contributed by atoms with Gasteiger partial charge in [-0.3, -0.25) is 19.2 Å². The van der Waals surface area contributed by atoms with Gasteiger partial charge in [0, 0.05) is 44.8 Å². The van der Waals surface area contributed by atoms with Crippen LogP contribution in [0.25, 0.3) is 0 Å². The molecule has 0 rings (SSSR count). The van der Waals surface area contributed by atoms with Crippen molar-refractivity contribution in [3.05, 3.63) is 0 Å². The second kappa shape index (κ2) is 14.3. The predicted octanol–water partition coefficient (Wildman–Crippen LogP) is -2.50. The maximum Gasteiger partial charge on any atom is 0.336 e. The maximum atomic E-state index is 10.3. The predicted molar refractivity (Wildman–Crippen MR) is 74.2 cm³/mol. The van der Waals surface area contributed by atoms with E-state index in [0.29, 0.717) is 0 Å². The number of carbonyl (C=O) groups is 6. The van der Waals surface area contributed by atoms with E-state index in [0.717, 1.165) is 0 Å². The summed E-state index contributed by atoms with van der Waals surface area (Å²) in [5.41, 5.74) is -5.48. The van der Waals surface area contributed by atoms with Gasteiger partial charge in [-0.1, -0.05) is 0 Å². The summed E-state index contributed by atoms with van der Waals surface area (Å²) >= 11 is 0. The standard InChI is InChI=1S/2C6H8O7.2Au/c2*7-3(8)1-6(13,5(11)12)2-4(9)10;;/h2*13H,1-2H2,(H,7,8)(H,9,10)(H,11,12);;. The van der Waals surface area contributed by atoms with Crippen LogP contribution in [0.2, 0.25) is 0 Å². The summed E-state index contributed by atoms with van der Waals surface area (Å²) in [5.74, 6) is -10.0. The van der Waals surface area contributed by atoms with E-state index in [1.807, 2.05) is 0 Å². The molecule has 8 N–H and O–H groups in total. The quantitative estimate of drug-likeness (QED) is 0.107. The Morgan fingerprint density at radius 2 is 0.607 bits per heavy atom. The normalized spacial score (nSPS) is 10.1. The molecule has 28 heavy (non-hydrogen) atoms. The molecule has 2 radical (unpaired) electrons. The first-order valence-corrected chi connectivity index (χ1v) is 6.34. The summed E-state index contributed by atoms with van der Waals surface area (Å²) in [6, 6.07) is 0. The van der Waals surface area contributed by atoms with Gasteiger partial charge in [0.15, 0.2) is 11.2 Å². The van der Waals surface area contributed by atoms with Gasteiger partial charge in [0.05, 0.1) is 25.7 Å². The van der Waals surface area contributed by atoms with E-state index >= 15 is 0 Å². The van der Waals surface area contributed by atoms with E-state index < -0.39 is 72.7 Å². The Labute approximate surface area is 186 Å². The van der Waals surface area contributed by atoms with Crippen LogP contribution in [0.5, 0.6) is 0 Å². The average molecular weight is 778 g/mol. The van der Waals surface area contributed by atoms with E-state index in [-0.39, 0.29) is 44.8 Å². The molecule has 0 saturated heterocycles. The number of carboxylic acids is 6. The summed E-state index contributed by atoms with van der Waals surface area (Å²) < 4.78 is 0. The number of aliphatic hydroxyl groups is 2. The Morgan fingerprint density at radius 3 is 0.679 bits per heavy atom. The Bertz CT molecular complexity index is 517. The van der Waals surface area contributed by atoms with Crippen LogP contribution in [0.4, 0.5) is 0 Å². The molecule has 0 atom stereocenters. The van der Waals surface area contributed by atoms with Gasteiger partial charge in [0.1, 0.15) is 0 Å². The zero-order valence-corrected chi connectivity index (χ0v) is 17.8. The van der Waals surface area contributed by atoms with Gasteiger partial charge < -0.3 is 40.9 Å². The SMILES string of the molecule is O=C(O)CC(O)(CC(=O)O)C(=O)O.O=C(O)CC(O)(CC(=O)O)C(=O)O.[Au].[Au]. The largest absolute Gasteiger partial charge is 0.481 e.